The zero-order chi connectivity index (χ0) is 18.0. The fourth-order valence-corrected chi connectivity index (χ4v) is 6.08. The summed E-state index contributed by atoms with van der Waals surface area (Å²) in [5, 5.41) is 0. The third-order valence-electron chi connectivity index (χ3n) is 3.89. The van der Waals surface area contributed by atoms with Gasteiger partial charge in [-0.1, -0.05) is 24.3 Å². The SMILES string of the molecule is CCOP(=O)(OCC)C1Cc2ccccc2C1C(=O)O[Si](C)(C)C. The molecule has 7 heteroatoms. The Morgan fingerprint density at radius 2 is 1.75 bits per heavy atom. The molecule has 24 heavy (non-hydrogen) atoms. The third-order valence-corrected chi connectivity index (χ3v) is 7.23. The van der Waals surface area contributed by atoms with Gasteiger partial charge in [0.25, 0.3) is 0 Å². The molecular formula is C17H27O5PSi. The molecule has 1 aromatic carbocycles. The van der Waals surface area contributed by atoms with E-state index >= 15 is 0 Å². The first kappa shape index (κ1) is 19.4. The lowest BCUT2D eigenvalue weighted by Gasteiger charge is -2.29. The second-order valence-corrected chi connectivity index (χ2v) is 13.5. The van der Waals surface area contributed by atoms with Gasteiger partial charge >= 0.3 is 13.6 Å². The van der Waals surface area contributed by atoms with E-state index in [2.05, 4.69) is 0 Å². The van der Waals surface area contributed by atoms with Crippen molar-refractivity contribution in [2.75, 3.05) is 13.2 Å². The molecule has 0 bridgehead atoms. The van der Waals surface area contributed by atoms with Crippen LogP contribution in [0, 0.1) is 0 Å². The Kier molecular flexibility index (Phi) is 6.08. The zero-order valence-corrected chi connectivity index (χ0v) is 17.0. The van der Waals surface area contributed by atoms with Gasteiger partial charge in [-0.3, -0.25) is 9.36 Å². The number of fused-ring (bicyclic) bond motifs is 1. The lowest BCUT2D eigenvalue weighted by molar-refractivity contribution is -0.136. The van der Waals surface area contributed by atoms with Crippen LogP contribution < -0.4 is 0 Å². The maximum absolute atomic E-state index is 13.3. The fraction of sp³-hybridized carbons (Fsp3) is 0.588. The lowest BCUT2D eigenvalue weighted by Crippen LogP contribution is -2.35. The highest BCUT2D eigenvalue weighted by atomic mass is 31.2. The van der Waals surface area contributed by atoms with Crippen molar-refractivity contribution < 1.29 is 22.8 Å². The third kappa shape index (κ3) is 4.17. The topological polar surface area (TPSA) is 61.8 Å². The Balaban J connectivity index is 2.43. The Labute approximate surface area is 145 Å². The molecule has 1 aliphatic rings. The number of hydrogen-bond donors (Lipinski definition) is 0. The summed E-state index contributed by atoms with van der Waals surface area (Å²) in [4.78, 5) is 12.9. The number of carbonyl (C=O) groups excluding carboxylic acids is 1. The van der Waals surface area contributed by atoms with E-state index in [1.54, 1.807) is 13.8 Å². The predicted molar refractivity (Wildman–Crippen MR) is 97.0 cm³/mol. The molecule has 5 nitrogen and oxygen atoms in total. The first-order chi connectivity index (χ1) is 11.2. The fourth-order valence-electron chi connectivity index (χ4n) is 3.11. The van der Waals surface area contributed by atoms with Crippen molar-refractivity contribution in [3.05, 3.63) is 35.4 Å². The van der Waals surface area contributed by atoms with Crippen LogP contribution in [0.15, 0.2) is 24.3 Å². The zero-order valence-electron chi connectivity index (χ0n) is 15.1. The summed E-state index contributed by atoms with van der Waals surface area (Å²) in [5.41, 5.74) is 1.36. The second kappa shape index (κ2) is 7.52. The molecule has 2 unspecified atom stereocenters. The van der Waals surface area contributed by atoms with Crippen molar-refractivity contribution in [1.29, 1.82) is 0 Å². The molecule has 134 valence electrons. The van der Waals surface area contributed by atoms with Crippen molar-refractivity contribution in [2.24, 2.45) is 0 Å². The molecule has 0 fully saturated rings. The first-order valence-electron chi connectivity index (χ1n) is 8.41. The van der Waals surface area contributed by atoms with E-state index in [9.17, 15) is 9.36 Å². The van der Waals surface area contributed by atoms with Gasteiger partial charge in [0.15, 0.2) is 0 Å². The summed E-state index contributed by atoms with van der Waals surface area (Å²) < 4.78 is 30.1. The minimum atomic E-state index is -3.41. The molecule has 2 atom stereocenters. The van der Waals surface area contributed by atoms with Gasteiger partial charge in [-0.05, 0) is 51.0 Å². The molecular weight excluding hydrogens is 343 g/mol. The van der Waals surface area contributed by atoms with E-state index in [-0.39, 0.29) is 19.2 Å². The molecule has 0 heterocycles. The van der Waals surface area contributed by atoms with Gasteiger partial charge in [0.05, 0.1) is 24.8 Å². The number of benzene rings is 1. The monoisotopic (exact) mass is 370 g/mol. The van der Waals surface area contributed by atoms with Crippen LogP contribution in [0.3, 0.4) is 0 Å². The number of rotatable bonds is 7. The summed E-state index contributed by atoms with van der Waals surface area (Å²) in [5.74, 6) is -0.916. The Morgan fingerprint density at radius 1 is 1.17 bits per heavy atom. The number of hydrogen-bond acceptors (Lipinski definition) is 5. The van der Waals surface area contributed by atoms with Crippen LogP contribution in [0.2, 0.25) is 19.6 Å². The maximum Gasteiger partial charge on any atom is 0.335 e. The molecule has 2 rings (SSSR count). The molecule has 0 saturated heterocycles. The van der Waals surface area contributed by atoms with Crippen LogP contribution in [0.5, 0.6) is 0 Å². The first-order valence-corrected chi connectivity index (χ1v) is 13.4. The van der Waals surface area contributed by atoms with E-state index in [0.29, 0.717) is 6.42 Å². The summed E-state index contributed by atoms with van der Waals surface area (Å²) in [6.45, 7) is 10.0. The molecule has 0 amide bonds. The van der Waals surface area contributed by atoms with E-state index in [4.69, 9.17) is 13.5 Å². The molecule has 1 aliphatic carbocycles. The highest BCUT2D eigenvalue weighted by molar-refractivity contribution is 7.54. The summed E-state index contributed by atoms with van der Waals surface area (Å²) in [6, 6.07) is 7.69. The Bertz CT molecular complexity index is 630. The van der Waals surface area contributed by atoms with Crippen LogP contribution in [0.1, 0.15) is 30.9 Å². The maximum atomic E-state index is 13.3. The van der Waals surface area contributed by atoms with Crippen LogP contribution in [0.25, 0.3) is 0 Å². The van der Waals surface area contributed by atoms with E-state index in [0.717, 1.165) is 11.1 Å². The van der Waals surface area contributed by atoms with Gasteiger partial charge in [-0.2, -0.15) is 0 Å². The van der Waals surface area contributed by atoms with Gasteiger partial charge in [0.1, 0.15) is 0 Å². The Hall–Kier alpha value is -0.943. The van der Waals surface area contributed by atoms with Crippen molar-refractivity contribution in [1.82, 2.24) is 0 Å². The highest BCUT2D eigenvalue weighted by Gasteiger charge is 2.50. The average Bonchev–Trinajstić information content (AvgIpc) is 2.86. The van der Waals surface area contributed by atoms with E-state index < -0.39 is 27.5 Å². The van der Waals surface area contributed by atoms with Gasteiger partial charge in [-0.15, -0.1) is 0 Å². The molecule has 0 aliphatic heterocycles. The minimum absolute atomic E-state index is 0.278. The van der Waals surface area contributed by atoms with Crippen LogP contribution in [-0.2, 0) is 29.3 Å². The second-order valence-electron chi connectivity index (χ2n) is 6.86. The highest BCUT2D eigenvalue weighted by Crippen LogP contribution is 2.61. The van der Waals surface area contributed by atoms with Crippen LogP contribution in [0.4, 0.5) is 0 Å². The largest absolute Gasteiger partial charge is 0.519 e. The van der Waals surface area contributed by atoms with E-state index in [1.807, 2.05) is 43.9 Å². The smallest absolute Gasteiger partial charge is 0.335 e. The van der Waals surface area contributed by atoms with Crippen molar-refractivity contribution in [2.45, 2.75) is 51.5 Å². The standard InChI is InChI=1S/C17H27O5PSi/c1-6-20-23(19,21-7-2)15-12-13-10-8-9-11-14(13)16(15)17(18)22-24(3,4)5/h8-11,15-16H,6-7,12H2,1-5H3. The lowest BCUT2D eigenvalue weighted by atomic mass is 10.0. The van der Waals surface area contributed by atoms with Gasteiger partial charge in [0.2, 0.25) is 8.32 Å². The average molecular weight is 370 g/mol. The summed E-state index contributed by atoms with van der Waals surface area (Å²) >= 11 is 0. The van der Waals surface area contributed by atoms with Crippen molar-refractivity contribution in [3.8, 4) is 0 Å². The predicted octanol–water partition coefficient (Wildman–Crippen LogP) is 4.34. The molecule has 0 saturated carbocycles. The Morgan fingerprint density at radius 3 is 2.29 bits per heavy atom. The van der Waals surface area contributed by atoms with Crippen LogP contribution in [-0.4, -0.2) is 33.2 Å². The number of carbonyl (C=O) groups is 1. The minimum Gasteiger partial charge on any atom is -0.519 e. The molecule has 0 N–H and O–H groups in total. The quantitative estimate of drug-likeness (QED) is 0.528. The normalized spacial score (nSPS) is 20.7. The van der Waals surface area contributed by atoms with Crippen molar-refractivity contribution in [3.63, 3.8) is 0 Å². The van der Waals surface area contributed by atoms with Gasteiger partial charge in [-0.25, -0.2) is 0 Å². The molecule has 0 spiro atoms. The molecule has 0 aromatic heterocycles. The summed E-state index contributed by atoms with van der Waals surface area (Å²) in [6.07, 6.45) is 0.499. The molecule has 0 radical (unpaired) electrons. The van der Waals surface area contributed by atoms with E-state index in [1.165, 1.54) is 0 Å². The van der Waals surface area contributed by atoms with Gasteiger partial charge < -0.3 is 13.5 Å². The van der Waals surface area contributed by atoms with Gasteiger partial charge in [0, 0.05) is 0 Å². The summed E-state index contributed by atoms with van der Waals surface area (Å²) in [7, 11) is -5.47. The molecule has 1 aromatic rings. The van der Waals surface area contributed by atoms with Crippen molar-refractivity contribution >= 4 is 21.9 Å². The van der Waals surface area contributed by atoms with Crippen LogP contribution >= 0.6 is 7.60 Å².